The lowest BCUT2D eigenvalue weighted by Gasteiger charge is -1.92. The average molecular weight is 148 g/mol. The summed E-state index contributed by atoms with van der Waals surface area (Å²) in [5.41, 5.74) is 2.67. The Morgan fingerprint density at radius 2 is 2.36 bits per heavy atom. The van der Waals surface area contributed by atoms with Crippen LogP contribution in [0, 0.1) is 0 Å². The third-order valence-electron chi connectivity index (χ3n) is 1.65. The van der Waals surface area contributed by atoms with Crippen LogP contribution >= 0.6 is 0 Å². The Hall–Kier alpha value is -1.38. The molecule has 0 spiro atoms. The second-order valence-corrected chi connectivity index (χ2v) is 2.31. The Balaban J connectivity index is 2.79. The minimum absolute atomic E-state index is 0.815. The van der Waals surface area contributed by atoms with Crippen LogP contribution < -0.4 is 0 Å². The largest absolute Gasteiger partial charge is 0.442 e. The molecule has 2 heterocycles. The molecule has 0 N–H and O–H groups in total. The van der Waals surface area contributed by atoms with Crippen LogP contribution in [0.2, 0.25) is 0 Å². The summed E-state index contributed by atoms with van der Waals surface area (Å²) in [7, 11) is 0. The van der Waals surface area contributed by atoms with Gasteiger partial charge in [-0.25, -0.2) is 4.98 Å². The van der Waals surface area contributed by atoms with Crippen LogP contribution in [-0.2, 0) is 6.42 Å². The first-order valence-corrected chi connectivity index (χ1v) is 3.59. The van der Waals surface area contributed by atoms with Crippen LogP contribution in [0.4, 0.5) is 0 Å². The summed E-state index contributed by atoms with van der Waals surface area (Å²) in [5.74, 6) is 0. The van der Waals surface area contributed by atoms with Crippen LogP contribution in [0.3, 0.4) is 0 Å². The fourth-order valence-corrected chi connectivity index (χ4v) is 1.10. The molecule has 0 fully saturated rings. The number of pyridine rings is 1. The maximum Gasteiger partial charge on any atom is 0.182 e. The molecule has 0 saturated carbocycles. The van der Waals surface area contributed by atoms with Crippen LogP contribution in [0.15, 0.2) is 23.1 Å². The van der Waals surface area contributed by atoms with Crippen molar-refractivity contribution < 1.29 is 4.42 Å². The molecule has 11 heavy (non-hydrogen) atoms. The van der Waals surface area contributed by atoms with Gasteiger partial charge in [-0.1, -0.05) is 6.92 Å². The maximum absolute atomic E-state index is 5.17. The summed E-state index contributed by atoms with van der Waals surface area (Å²) in [6.07, 6.45) is 4.09. The van der Waals surface area contributed by atoms with Crippen molar-refractivity contribution in [1.82, 2.24) is 9.97 Å². The van der Waals surface area contributed by atoms with Crippen LogP contribution in [0.5, 0.6) is 0 Å². The molecule has 2 rings (SSSR count). The maximum atomic E-state index is 5.17. The van der Waals surface area contributed by atoms with Crippen molar-refractivity contribution in [2.75, 3.05) is 0 Å². The highest BCUT2D eigenvalue weighted by molar-refractivity contribution is 5.73. The van der Waals surface area contributed by atoms with E-state index in [-0.39, 0.29) is 0 Å². The third kappa shape index (κ3) is 0.888. The molecule has 2 aromatic heterocycles. The Labute approximate surface area is 64.1 Å². The topological polar surface area (TPSA) is 38.9 Å². The minimum Gasteiger partial charge on any atom is -0.442 e. The highest BCUT2D eigenvalue weighted by Gasteiger charge is 2.02. The van der Waals surface area contributed by atoms with E-state index in [0.717, 1.165) is 23.2 Å². The Bertz CT molecular complexity index is 367. The molecule has 0 aliphatic heterocycles. The van der Waals surface area contributed by atoms with Gasteiger partial charge in [0, 0.05) is 6.20 Å². The van der Waals surface area contributed by atoms with Crippen molar-refractivity contribution in [3.05, 3.63) is 24.4 Å². The molecule has 3 nitrogen and oxygen atoms in total. The summed E-state index contributed by atoms with van der Waals surface area (Å²) in [6, 6.07) is 1.85. The zero-order valence-electron chi connectivity index (χ0n) is 6.24. The molecule has 3 heteroatoms. The number of oxazole rings is 1. The van der Waals surface area contributed by atoms with Crippen molar-refractivity contribution in [2.45, 2.75) is 13.3 Å². The number of nitrogens with zero attached hydrogens (tertiary/aromatic N) is 2. The van der Waals surface area contributed by atoms with Gasteiger partial charge in [0.15, 0.2) is 12.0 Å². The molecule has 0 aliphatic rings. The second kappa shape index (κ2) is 2.34. The van der Waals surface area contributed by atoms with E-state index in [0.29, 0.717) is 0 Å². The molecule has 2 aromatic rings. The van der Waals surface area contributed by atoms with Gasteiger partial charge >= 0.3 is 0 Å². The van der Waals surface area contributed by atoms with Gasteiger partial charge in [-0.2, -0.15) is 0 Å². The van der Waals surface area contributed by atoms with E-state index in [1.54, 1.807) is 6.20 Å². The van der Waals surface area contributed by atoms with Gasteiger partial charge in [0.2, 0.25) is 0 Å². The highest BCUT2D eigenvalue weighted by Crippen LogP contribution is 2.14. The van der Waals surface area contributed by atoms with Gasteiger partial charge in [-0.05, 0) is 12.5 Å². The predicted octanol–water partition coefficient (Wildman–Crippen LogP) is 1.79. The monoisotopic (exact) mass is 148 g/mol. The van der Waals surface area contributed by atoms with Crippen molar-refractivity contribution in [3.63, 3.8) is 0 Å². The first kappa shape index (κ1) is 6.34. The normalized spacial score (nSPS) is 10.6. The van der Waals surface area contributed by atoms with Gasteiger partial charge in [0.05, 0.1) is 5.69 Å². The second-order valence-electron chi connectivity index (χ2n) is 2.31. The first-order chi connectivity index (χ1) is 5.42. The van der Waals surface area contributed by atoms with Gasteiger partial charge in [0.25, 0.3) is 0 Å². The summed E-state index contributed by atoms with van der Waals surface area (Å²) < 4.78 is 5.17. The van der Waals surface area contributed by atoms with Gasteiger partial charge in [-0.15, -0.1) is 0 Å². The smallest absolute Gasteiger partial charge is 0.182 e. The van der Waals surface area contributed by atoms with Crippen molar-refractivity contribution in [2.24, 2.45) is 0 Å². The van der Waals surface area contributed by atoms with Gasteiger partial charge < -0.3 is 4.42 Å². The number of aryl methyl sites for hydroxylation is 1. The summed E-state index contributed by atoms with van der Waals surface area (Å²) in [5, 5.41) is 0. The van der Waals surface area contributed by atoms with Crippen molar-refractivity contribution in [3.8, 4) is 0 Å². The summed E-state index contributed by atoms with van der Waals surface area (Å²) in [4.78, 5) is 8.18. The summed E-state index contributed by atoms with van der Waals surface area (Å²) >= 11 is 0. The lowest BCUT2D eigenvalue weighted by atomic mass is 10.3. The molecule has 0 aliphatic carbocycles. The molecular formula is C8H8N2O. The van der Waals surface area contributed by atoms with Crippen LogP contribution in [-0.4, -0.2) is 9.97 Å². The van der Waals surface area contributed by atoms with E-state index < -0.39 is 0 Å². The van der Waals surface area contributed by atoms with Crippen molar-refractivity contribution in [1.29, 1.82) is 0 Å². The quantitative estimate of drug-likeness (QED) is 0.618. The van der Waals surface area contributed by atoms with E-state index in [4.69, 9.17) is 4.42 Å². The molecule has 0 unspecified atom stereocenters. The lowest BCUT2D eigenvalue weighted by molar-refractivity contribution is 0.596. The molecule has 56 valence electrons. The van der Waals surface area contributed by atoms with E-state index in [1.807, 2.05) is 13.0 Å². The van der Waals surface area contributed by atoms with E-state index in [2.05, 4.69) is 9.97 Å². The highest BCUT2D eigenvalue weighted by atomic mass is 16.3. The number of aromatic nitrogens is 2. The predicted molar refractivity (Wildman–Crippen MR) is 41.2 cm³/mol. The van der Waals surface area contributed by atoms with Crippen LogP contribution in [0.25, 0.3) is 11.1 Å². The standard InChI is InChI=1S/C8H8N2O/c1-2-6-8-7(3-4-9-6)10-5-11-8/h3-5H,2H2,1H3. The fourth-order valence-electron chi connectivity index (χ4n) is 1.10. The molecule has 0 aromatic carbocycles. The Morgan fingerprint density at radius 3 is 3.18 bits per heavy atom. The average Bonchev–Trinajstić information content (AvgIpc) is 2.50. The third-order valence-corrected chi connectivity index (χ3v) is 1.65. The Kier molecular flexibility index (Phi) is 1.35. The van der Waals surface area contributed by atoms with Gasteiger partial charge in [-0.3, -0.25) is 4.98 Å². The first-order valence-electron chi connectivity index (χ1n) is 3.59. The molecule has 0 radical (unpaired) electrons. The molecule has 0 saturated heterocycles. The number of hydrogen-bond donors (Lipinski definition) is 0. The number of fused-ring (bicyclic) bond motifs is 1. The molecular weight excluding hydrogens is 140 g/mol. The molecule has 0 atom stereocenters. The van der Waals surface area contributed by atoms with Crippen molar-refractivity contribution >= 4 is 11.1 Å². The zero-order valence-corrected chi connectivity index (χ0v) is 6.24. The van der Waals surface area contributed by atoms with Crippen LogP contribution in [0.1, 0.15) is 12.6 Å². The Morgan fingerprint density at radius 1 is 1.45 bits per heavy atom. The lowest BCUT2D eigenvalue weighted by Crippen LogP contribution is -1.85. The molecule has 0 bridgehead atoms. The van der Waals surface area contributed by atoms with E-state index in [1.165, 1.54) is 6.39 Å². The SMILES string of the molecule is CCc1nccc2ncoc12. The number of hydrogen-bond acceptors (Lipinski definition) is 3. The van der Waals surface area contributed by atoms with E-state index in [9.17, 15) is 0 Å². The van der Waals surface area contributed by atoms with E-state index >= 15 is 0 Å². The fraction of sp³-hybridized carbons (Fsp3) is 0.250. The molecule has 0 amide bonds. The van der Waals surface area contributed by atoms with Gasteiger partial charge in [0.1, 0.15) is 5.52 Å². The number of rotatable bonds is 1. The zero-order chi connectivity index (χ0) is 7.68. The summed E-state index contributed by atoms with van der Waals surface area (Å²) in [6.45, 7) is 2.05. The minimum atomic E-state index is 0.815.